The van der Waals surface area contributed by atoms with E-state index in [1.807, 2.05) is 18.2 Å². The molecule has 2 nitrogen and oxygen atoms in total. The fraction of sp³-hybridized carbons (Fsp3) is 0.348. The predicted molar refractivity (Wildman–Crippen MR) is 104 cm³/mol. The van der Waals surface area contributed by atoms with Gasteiger partial charge in [-0.1, -0.05) is 65.8 Å². The number of hydrogen-bond acceptors (Lipinski definition) is 2. The topological polar surface area (TPSA) is 26.3 Å². The molecule has 1 heterocycles. The smallest absolute Gasteiger partial charge is 0.188 e. The Balaban J connectivity index is 2.30. The van der Waals surface area contributed by atoms with E-state index in [-0.39, 0.29) is 22.2 Å². The van der Waals surface area contributed by atoms with Gasteiger partial charge in [0.1, 0.15) is 17.3 Å². The number of benzene rings is 1. The number of ketones is 1. The Morgan fingerprint density at radius 3 is 2.00 bits per heavy atom. The summed E-state index contributed by atoms with van der Waals surface area (Å²) < 4.78 is 19.8. The number of rotatable bonds is 3. The lowest BCUT2D eigenvalue weighted by molar-refractivity contribution is 0.104. The summed E-state index contributed by atoms with van der Waals surface area (Å²) in [5.74, 6) is 0.896. The van der Waals surface area contributed by atoms with Crippen molar-refractivity contribution < 1.29 is 13.9 Å². The molecule has 3 heteroatoms. The quantitative estimate of drug-likeness (QED) is 0.465. The number of hydrogen-bond donors (Lipinski definition) is 0. The van der Waals surface area contributed by atoms with Crippen LogP contribution in [-0.2, 0) is 4.74 Å². The van der Waals surface area contributed by atoms with E-state index in [0.717, 1.165) is 17.1 Å². The lowest BCUT2D eigenvalue weighted by Crippen LogP contribution is -2.21. The Hall–Kier alpha value is -2.42. The average molecular weight is 354 g/mol. The standard InChI is InChI=1S/C23H27FO2/c1-22(2,3)20-14-16(15-21(26-20)23(4,5)6)10-9-13-19(25)17-11-7-8-12-18(17)24/h7-15H,1-6H3/b13-9+. The lowest BCUT2D eigenvalue weighted by atomic mass is 9.87. The van der Waals surface area contributed by atoms with E-state index in [2.05, 4.69) is 41.5 Å². The van der Waals surface area contributed by atoms with E-state index in [1.165, 1.54) is 18.2 Å². The fourth-order valence-corrected chi connectivity index (χ4v) is 2.35. The van der Waals surface area contributed by atoms with Crippen LogP contribution in [0.3, 0.4) is 0 Å². The molecule has 0 unspecified atom stereocenters. The van der Waals surface area contributed by atoms with Crippen molar-refractivity contribution >= 4 is 5.78 Å². The summed E-state index contributed by atoms with van der Waals surface area (Å²) in [6.45, 7) is 12.6. The van der Waals surface area contributed by atoms with Gasteiger partial charge in [-0.2, -0.15) is 0 Å². The molecule has 1 aliphatic rings. The van der Waals surface area contributed by atoms with Gasteiger partial charge in [0.25, 0.3) is 0 Å². The molecule has 2 rings (SSSR count). The zero-order chi connectivity index (χ0) is 19.5. The molecule has 1 aromatic carbocycles. The molecule has 0 atom stereocenters. The van der Waals surface area contributed by atoms with Crippen molar-refractivity contribution in [2.24, 2.45) is 10.8 Å². The third-order valence-electron chi connectivity index (χ3n) is 3.97. The van der Waals surface area contributed by atoms with Crippen LogP contribution in [0.5, 0.6) is 0 Å². The number of allylic oxidation sites excluding steroid dienone is 8. The number of carbonyl (C=O) groups is 1. The molecule has 0 saturated carbocycles. The zero-order valence-corrected chi connectivity index (χ0v) is 16.4. The first-order valence-corrected chi connectivity index (χ1v) is 8.78. The van der Waals surface area contributed by atoms with Gasteiger partial charge in [-0.05, 0) is 35.9 Å². The normalized spacial score (nSPS) is 15.4. The summed E-state index contributed by atoms with van der Waals surface area (Å²) in [7, 11) is 0. The van der Waals surface area contributed by atoms with Gasteiger partial charge in [0.2, 0.25) is 0 Å². The van der Waals surface area contributed by atoms with Crippen LogP contribution in [0, 0.1) is 16.6 Å². The van der Waals surface area contributed by atoms with Crippen LogP contribution >= 0.6 is 0 Å². The third kappa shape index (κ3) is 5.04. The lowest BCUT2D eigenvalue weighted by Gasteiger charge is -2.32. The second kappa shape index (κ2) is 7.45. The van der Waals surface area contributed by atoms with Crippen molar-refractivity contribution in [1.82, 2.24) is 0 Å². The van der Waals surface area contributed by atoms with Crippen LogP contribution < -0.4 is 0 Å². The van der Waals surface area contributed by atoms with Crippen molar-refractivity contribution in [1.29, 1.82) is 0 Å². The van der Waals surface area contributed by atoms with Crippen LogP contribution in [0.2, 0.25) is 0 Å². The molecular formula is C23H27FO2. The minimum Gasteiger partial charge on any atom is -0.465 e. The Bertz CT molecular complexity index is 777. The Morgan fingerprint density at radius 1 is 0.962 bits per heavy atom. The Morgan fingerprint density at radius 2 is 1.50 bits per heavy atom. The van der Waals surface area contributed by atoms with Crippen molar-refractivity contribution in [3.8, 4) is 0 Å². The van der Waals surface area contributed by atoms with Crippen molar-refractivity contribution in [3.63, 3.8) is 0 Å². The van der Waals surface area contributed by atoms with Gasteiger partial charge in [0, 0.05) is 10.8 Å². The molecule has 1 aromatic rings. The molecule has 0 spiro atoms. The maximum absolute atomic E-state index is 13.7. The monoisotopic (exact) mass is 354 g/mol. The molecule has 0 aliphatic carbocycles. The summed E-state index contributed by atoms with van der Waals surface area (Å²) in [6.07, 6.45) is 8.85. The van der Waals surface area contributed by atoms with E-state index in [1.54, 1.807) is 18.2 Å². The van der Waals surface area contributed by atoms with Gasteiger partial charge in [0.05, 0.1) is 5.56 Å². The van der Waals surface area contributed by atoms with Gasteiger partial charge in [-0.25, -0.2) is 4.39 Å². The minimum atomic E-state index is -0.509. The van der Waals surface area contributed by atoms with Crippen LogP contribution in [0.1, 0.15) is 51.9 Å². The largest absolute Gasteiger partial charge is 0.465 e. The molecule has 1 aliphatic heterocycles. The van der Waals surface area contributed by atoms with Crippen LogP contribution in [0.15, 0.2) is 71.7 Å². The molecule has 0 amide bonds. The van der Waals surface area contributed by atoms with Gasteiger partial charge in [-0.3, -0.25) is 4.79 Å². The number of halogens is 1. The van der Waals surface area contributed by atoms with Crippen molar-refractivity contribution in [2.75, 3.05) is 0 Å². The molecule has 0 radical (unpaired) electrons. The van der Waals surface area contributed by atoms with E-state index in [0.29, 0.717) is 0 Å². The SMILES string of the molecule is CC(C)(C)C1=CC(=C/C=C/C(=O)c2ccccc2F)C=C(C(C)(C)C)O1. The highest BCUT2D eigenvalue weighted by molar-refractivity contribution is 6.04. The summed E-state index contributed by atoms with van der Waals surface area (Å²) in [5, 5.41) is 0. The second-order valence-corrected chi connectivity index (χ2v) is 8.49. The van der Waals surface area contributed by atoms with E-state index in [9.17, 15) is 9.18 Å². The third-order valence-corrected chi connectivity index (χ3v) is 3.97. The number of ether oxygens (including phenoxy) is 1. The fourth-order valence-electron chi connectivity index (χ4n) is 2.35. The maximum Gasteiger partial charge on any atom is 0.188 e. The van der Waals surface area contributed by atoms with E-state index in [4.69, 9.17) is 4.74 Å². The molecular weight excluding hydrogens is 327 g/mol. The van der Waals surface area contributed by atoms with Gasteiger partial charge >= 0.3 is 0 Å². The second-order valence-electron chi connectivity index (χ2n) is 8.49. The van der Waals surface area contributed by atoms with Crippen molar-refractivity contribution in [2.45, 2.75) is 41.5 Å². The summed E-state index contributed by atoms with van der Waals surface area (Å²) in [5.41, 5.74) is 0.766. The average Bonchev–Trinajstić information content (AvgIpc) is 2.53. The molecule has 138 valence electrons. The predicted octanol–water partition coefficient (Wildman–Crippen LogP) is 6.38. The summed E-state index contributed by atoms with van der Waals surface area (Å²) in [4.78, 5) is 12.1. The molecule has 26 heavy (non-hydrogen) atoms. The first-order chi connectivity index (χ1) is 12.0. The van der Waals surface area contributed by atoms with Gasteiger partial charge in [-0.15, -0.1) is 0 Å². The minimum absolute atomic E-state index is 0.0750. The van der Waals surface area contributed by atoms with Crippen LogP contribution in [0.25, 0.3) is 0 Å². The highest BCUT2D eigenvalue weighted by Gasteiger charge is 2.28. The zero-order valence-electron chi connectivity index (χ0n) is 16.4. The maximum atomic E-state index is 13.7. The molecule has 0 aromatic heterocycles. The van der Waals surface area contributed by atoms with Gasteiger partial charge < -0.3 is 4.74 Å². The summed E-state index contributed by atoms with van der Waals surface area (Å²) in [6, 6.07) is 5.99. The van der Waals surface area contributed by atoms with Crippen molar-refractivity contribution in [3.05, 3.63) is 83.1 Å². The number of carbonyl (C=O) groups excluding carboxylic acids is 1. The Labute approximate surface area is 155 Å². The first kappa shape index (κ1) is 19.9. The molecule has 0 saturated heterocycles. The van der Waals surface area contributed by atoms with Crippen LogP contribution in [0.4, 0.5) is 4.39 Å². The summed E-state index contributed by atoms with van der Waals surface area (Å²) >= 11 is 0. The highest BCUT2D eigenvalue weighted by atomic mass is 19.1. The van der Waals surface area contributed by atoms with Gasteiger partial charge in [0.15, 0.2) is 5.78 Å². The van der Waals surface area contributed by atoms with Crippen LogP contribution in [-0.4, -0.2) is 5.78 Å². The molecule has 0 N–H and O–H groups in total. The van der Waals surface area contributed by atoms with E-state index < -0.39 is 5.82 Å². The molecule has 0 fully saturated rings. The Kier molecular flexibility index (Phi) is 5.70. The first-order valence-electron chi connectivity index (χ1n) is 8.78. The highest BCUT2D eigenvalue weighted by Crippen LogP contribution is 2.38. The van der Waals surface area contributed by atoms with E-state index >= 15 is 0 Å². The molecule has 0 bridgehead atoms.